The zero-order chi connectivity index (χ0) is 19.1. The van der Waals surface area contributed by atoms with Crippen molar-refractivity contribution >= 4 is 11.9 Å². The van der Waals surface area contributed by atoms with Gasteiger partial charge in [-0.15, -0.1) is 0 Å². The lowest BCUT2D eigenvalue weighted by Crippen LogP contribution is -2.46. The van der Waals surface area contributed by atoms with Gasteiger partial charge in [0.15, 0.2) is 0 Å². The van der Waals surface area contributed by atoms with Crippen LogP contribution >= 0.6 is 0 Å². The van der Waals surface area contributed by atoms with Crippen LogP contribution in [0.1, 0.15) is 25.8 Å². The number of carbonyl (C=O) groups excluding carboxylic acids is 1. The molecule has 0 aliphatic carbocycles. The van der Waals surface area contributed by atoms with E-state index in [0.717, 1.165) is 16.7 Å². The SMILES string of the molecule is CC(C)C[C@H](O)C(=O)N[C@@H](Cc1ccc(-c2ccccc2)cc1)C(=O)O. The fourth-order valence-corrected chi connectivity index (χ4v) is 2.72. The Morgan fingerprint density at radius 3 is 2.08 bits per heavy atom. The van der Waals surface area contributed by atoms with Crippen molar-refractivity contribution in [2.45, 2.75) is 38.8 Å². The molecule has 0 saturated carbocycles. The fraction of sp³-hybridized carbons (Fsp3) is 0.333. The third kappa shape index (κ3) is 5.70. The Balaban J connectivity index is 2.03. The number of aliphatic hydroxyl groups is 1. The molecule has 0 bridgehead atoms. The van der Waals surface area contributed by atoms with Crippen LogP contribution in [0.15, 0.2) is 54.6 Å². The van der Waals surface area contributed by atoms with E-state index in [2.05, 4.69) is 5.32 Å². The summed E-state index contributed by atoms with van der Waals surface area (Å²) in [6, 6.07) is 16.4. The number of rotatable bonds is 8. The number of carboxylic acids is 1. The highest BCUT2D eigenvalue weighted by Gasteiger charge is 2.24. The Morgan fingerprint density at radius 2 is 1.54 bits per heavy atom. The molecule has 5 nitrogen and oxygen atoms in total. The molecule has 0 radical (unpaired) electrons. The number of carbonyl (C=O) groups is 2. The Kier molecular flexibility index (Phi) is 6.92. The molecule has 0 saturated heterocycles. The number of hydrogen-bond acceptors (Lipinski definition) is 3. The normalized spacial score (nSPS) is 13.2. The first kappa shape index (κ1) is 19.7. The maximum absolute atomic E-state index is 12.0. The van der Waals surface area contributed by atoms with Crippen molar-refractivity contribution in [3.05, 3.63) is 60.2 Å². The molecule has 0 aromatic heterocycles. The predicted molar refractivity (Wildman–Crippen MR) is 101 cm³/mol. The number of hydrogen-bond donors (Lipinski definition) is 3. The molecule has 2 aromatic carbocycles. The van der Waals surface area contributed by atoms with Crippen molar-refractivity contribution in [3.8, 4) is 11.1 Å². The predicted octanol–water partition coefficient (Wildman–Crippen LogP) is 2.87. The number of aliphatic hydroxyl groups excluding tert-OH is 1. The largest absolute Gasteiger partial charge is 0.480 e. The van der Waals surface area contributed by atoms with Crippen molar-refractivity contribution in [2.24, 2.45) is 5.92 Å². The summed E-state index contributed by atoms with van der Waals surface area (Å²) in [5.74, 6) is -1.63. The monoisotopic (exact) mass is 355 g/mol. The van der Waals surface area contributed by atoms with E-state index < -0.39 is 24.0 Å². The molecule has 0 aliphatic heterocycles. The molecule has 3 N–H and O–H groups in total. The van der Waals surface area contributed by atoms with Gasteiger partial charge in [-0.3, -0.25) is 4.79 Å². The minimum absolute atomic E-state index is 0.143. The molecule has 2 atom stereocenters. The molecule has 0 heterocycles. The maximum Gasteiger partial charge on any atom is 0.326 e. The van der Waals surface area contributed by atoms with Crippen molar-refractivity contribution in [1.29, 1.82) is 0 Å². The average molecular weight is 355 g/mol. The molecule has 138 valence electrons. The van der Waals surface area contributed by atoms with Gasteiger partial charge < -0.3 is 15.5 Å². The van der Waals surface area contributed by atoms with Gasteiger partial charge in [0.1, 0.15) is 12.1 Å². The Morgan fingerprint density at radius 1 is 0.962 bits per heavy atom. The molecule has 1 amide bonds. The molecule has 0 aliphatic rings. The van der Waals surface area contributed by atoms with Crippen LogP contribution < -0.4 is 5.32 Å². The summed E-state index contributed by atoms with van der Waals surface area (Å²) in [7, 11) is 0. The summed E-state index contributed by atoms with van der Waals surface area (Å²) < 4.78 is 0. The van der Waals surface area contributed by atoms with E-state index in [9.17, 15) is 19.8 Å². The first-order chi connectivity index (χ1) is 12.4. The van der Waals surface area contributed by atoms with Crippen LogP contribution in [0, 0.1) is 5.92 Å². The van der Waals surface area contributed by atoms with Crippen LogP contribution in [0.5, 0.6) is 0 Å². The second-order valence-corrected chi connectivity index (χ2v) is 6.81. The summed E-state index contributed by atoms with van der Waals surface area (Å²) >= 11 is 0. The van der Waals surface area contributed by atoms with Gasteiger partial charge in [-0.05, 0) is 29.0 Å². The lowest BCUT2D eigenvalue weighted by molar-refractivity contribution is -0.143. The van der Waals surface area contributed by atoms with Gasteiger partial charge in [0.05, 0.1) is 0 Å². The Hall–Kier alpha value is -2.66. The highest BCUT2D eigenvalue weighted by molar-refractivity contribution is 5.86. The van der Waals surface area contributed by atoms with E-state index in [1.54, 1.807) is 0 Å². The number of carboxylic acid groups (broad SMARTS) is 1. The molecule has 0 fully saturated rings. The van der Waals surface area contributed by atoms with Crippen LogP contribution in [0.3, 0.4) is 0 Å². The summed E-state index contributed by atoms with van der Waals surface area (Å²) in [5, 5.41) is 21.7. The van der Waals surface area contributed by atoms with E-state index in [1.165, 1.54) is 0 Å². The van der Waals surface area contributed by atoms with Crippen molar-refractivity contribution in [2.75, 3.05) is 0 Å². The van der Waals surface area contributed by atoms with Crippen molar-refractivity contribution < 1.29 is 19.8 Å². The quantitative estimate of drug-likeness (QED) is 0.679. The Labute approximate surface area is 153 Å². The first-order valence-corrected chi connectivity index (χ1v) is 8.72. The molecule has 2 rings (SSSR count). The van der Waals surface area contributed by atoms with E-state index >= 15 is 0 Å². The summed E-state index contributed by atoms with van der Waals surface area (Å²) in [6.45, 7) is 3.78. The molecule has 2 aromatic rings. The third-order valence-electron chi connectivity index (χ3n) is 4.11. The fourth-order valence-electron chi connectivity index (χ4n) is 2.72. The zero-order valence-electron chi connectivity index (χ0n) is 15.1. The molecular weight excluding hydrogens is 330 g/mol. The van der Waals surface area contributed by atoms with E-state index in [4.69, 9.17) is 0 Å². The van der Waals surface area contributed by atoms with Gasteiger partial charge in [0, 0.05) is 6.42 Å². The van der Waals surface area contributed by atoms with Crippen LogP contribution in [0.2, 0.25) is 0 Å². The average Bonchev–Trinajstić information content (AvgIpc) is 2.61. The topological polar surface area (TPSA) is 86.6 Å². The smallest absolute Gasteiger partial charge is 0.326 e. The standard InChI is InChI=1S/C21H25NO4/c1-14(2)12-19(23)20(24)22-18(21(25)26)13-15-8-10-17(11-9-15)16-6-4-3-5-7-16/h3-11,14,18-19,23H,12-13H2,1-2H3,(H,22,24)(H,25,26)/t18-,19-/m0/s1. The molecular formula is C21H25NO4. The summed E-state index contributed by atoms with van der Waals surface area (Å²) in [5.41, 5.74) is 2.92. The van der Waals surface area contributed by atoms with Crippen LogP contribution in [0.25, 0.3) is 11.1 Å². The zero-order valence-corrected chi connectivity index (χ0v) is 15.1. The van der Waals surface area contributed by atoms with Gasteiger partial charge in [0.25, 0.3) is 0 Å². The highest BCUT2D eigenvalue weighted by Crippen LogP contribution is 2.19. The molecule has 26 heavy (non-hydrogen) atoms. The number of aliphatic carboxylic acids is 1. The second-order valence-electron chi connectivity index (χ2n) is 6.81. The molecule has 0 unspecified atom stereocenters. The third-order valence-corrected chi connectivity index (χ3v) is 4.11. The minimum atomic E-state index is -1.20. The Bertz CT molecular complexity index is 725. The summed E-state index contributed by atoms with van der Waals surface area (Å²) in [6.07, 6.45) is -0.744. The van der Waals surface area contributed by atoms with Gasteiger partial charge >= 0.3 is 5.97 Å². The lowest BCUT2D eigenvalue weighted by atomic mass is 10.00. The minimum Gasteiger partial charge on any atom is -0.480 e. The first-order valence-electron chi connectivity index (χ1n) is 8.72. The van der Waals surface area contributed by atoms with Gasteiger partial charge in [-0.1, -0.05) is 68.4 Å². The highest BCUT2D eigenvalue weighted by atomic mass is 16.4. The van der Waals surface area contributed by atoms with Gasteiger partial charge in [-0.25, -0.2) is 4.79 Å². The van der Waals surface area contributed by atoms with Crippen molar-refractivity contribution in [1.82, 2.24) is 5.32 Å². The van der Waals surface area contributed by atoms with Crippen LogP contribution in [-0.2, 0) is 16.0 Å². The summed E-state index contributed by atoms with van der Waals surface area (Å²) in [4.78, 5) is 23.5. The van der Waals surface area contributed by atoms with E-state index in [0.29, 0.717) is 6.42 Å². The number of benzene rings is 2. The van der Waals surface area contributed by atoms with Gasteiger partial charge in [-0.2, -0.15) is 0 Å². The second kappa shape index (κ2) is 9.15. The molecule has 5 heteroatoms. The number of amides is 1. The van der Waals surface area contributed by atoms with Crippen LogP contribution in [-0.4, -0.2) is 34.2 Å². The van der Waals surface area contributed by atoms with Crippen molar-refractivity contribution in [3.63, 3.8) is 0 Å². The maximum atomic E-state index is 12.0. The number of nitrogens with one attached hydrogen (secondary N) is 1. The van der Waals surface area contributed by atoms with E-state index in [-0.39, 0.29) is 12.3 Å². The van der Waals surface area contributed by atoms with Gasteiger partial charge in [0.2, 0.25) is 5.91 Å². The van der Waals surface area contributed by atoms with Crippen LogP contribution in [0.4, 0.5) is 0 Å². The van der Waals surface area contributed by atoms with E-state index in [1.807, 2.05) is 68.4 Å². The lowest BCUT2D eigenvalue weighted by Gasteiger charge is -2.18. The molecule has 0 spiro atoms.